The highest BCUT2D eigenvalue weighted by Gasteiger charge is 2.08. The van der Waals surface area contributed by atoms with Crippen LogP contribution in [0.15, 0.2) is 0 Å². The van der Waals surface area contributed by atoms with Crippen molar-refractivity contribution in [1.82, 2.24) is 0 Å². The minimum absolute atomic E-state index is 0.0387. The molecule has 124 valence electrons. The molecule has 6 nitrogen and oxygen atoms in total. The highest BCUT2D eigenvalue weighted by atomic mass is 32.2. The van der Waals surface area contributed by atoms with Crippen molar-refractivity contribution in [3.63, 3.8) is 0 Å². The van der Waals surface area contributed by atoms with Crippen LogP contribution < -0.4 is 0 Å². The summed E-state index contributed by atoms with van der Waals surface area (Å²) in [7, 11) is 0.269. The molecule has 0 N–H and O–H groups in total. The van der Waals surface area contributed by atoms with Gasteiger partial charge in [0.05, 0.1) is 14.2 Å². The molecule has 0 fully saturated rings. The lowest BCUT2D eigenvalue weighted by Gasteiger charge is -2.03. The summed E-state index contributed by atoms with van der Waals surface area (Å²) in [5.41, 5.74) is 0. The minimum Gasteiger partial charge on any atom is -0.468 e. The number of carbonyl (C=O) groups is 2. The summed E-state index contributed by atoms with van der Waals surface area (Å²) in [5.74, 6) is 0.0431. The Morgan fingerprint density at radius 3 is 1.38 bits per heavy atom. The van der Waals surface area contributed by atoms with Gasteiger partial charge in [-0.1, -0.05) is 19.3 Å². The summed E-state index contributed by atoms with van der Waals surface area (Å²) < 4.78 is 31.8. The Hall–Kier alpha value is -0.760. The van der Waals surface area contributed by atoms with E-state index in [0.29, 0.717) is 11.5 Å². The largest absolute Gasteiger partial charge is 0.468 e. The smallest absolute Gasteiger partial charge is 0.318 e. The lowest BCUT2D eigenvalue weighted by Crippen LogP contribution is -2.14. The van der Waals surface area contributed by atoms with Crippen molar-refractivity contribution in [3.05, 3.63) is 0 Å². The van der Waals surface area contributed by atoms with E-state index in [0.717, 1.165) is 32.1 Å². The van der Waals surface area contributed by atoms with Gasteiger partial charge in [0.2, 0.25) is 0 Å². The number of esters is 2. The van der Waals surface area contributed by atoms with Crippen LogP contribution in [0.3, 0.4) is 0 Å². The van der Waals surface area contributed by atoms with E-state index in [2.05, 4.69) is 9.47 Å². The van der Waals surface area contributed by atoms with E-state index in [4.69, 9.17) is 0 Å². The molecule has 0 spiro atoms. The Kier molecular flexibility index (Phi) is 12.5. The topological polar surface area (TPSA) is 86.7 Å². The zero-order valence-electron chi connectivity index (χ0n) is 12.6. The van der Waals surface area contributed by atoms with Gasteiger partial charge in [-0.15, -0.1) is 0 Å². The van der Waals surface area contributed by atoms with Crippen LogP contribution in [-0.2, 0) is 40.7 Å². The molecule has 8 heteroatoms. The van der Waals surface area contributed by atoms with Crippen LogP contribution in [0.4, 0.5) is 0 Å². The van der Waals surface area contributed by atoms with E-state index in [1.54, 1.807) is 0 Å². The fourth-order valence-corrected chi connectivity index (χ4v) is 3.68. The van der Waals surface area contributed by atoms with Gasteiger partial charge in [0.25, 0.3) is 0 Å². The van der Waals surface area contributed by atoms with Gasteiger partial charge in [-0.25, -0.2) is 0 Å². The molecule has 2 unspecified atom stereocenters. The zero-order chi connectivity index (χ0) is 16.1. The molecule has 0 radical (unpaired) electrons. The Morgan fingerprint density at radius 1 is 0.714 bits per heavy atom. The Morgan fingerprint density at radius 2 is 1.05 bits per heavy atom. The Labute approximate surface area is 130 Å². The first-order chi connectivity index (χ1) is 9.99. The van der Waals surface area contributed by atoms with Gasteiger partial charge < -0.3 is 9.47 Å². The number of ether oxygens (including phenoxy) is 2. The van der Waals surface area contributed by atoms with E-state index in [9.17, 15) is 18.0 Å². The van der Waals surface area contributed by atoms with Crippen molar-refractivity contribution < 1.29 is 27.5 Å². The van der Waals surface area contributed by atoms with Crippen molar-refractivity contribution >= 4 is 33.5 Å². The van der Waals surface area contributed by atoms with Crippen LogP contribution in [0.25, 0.3) is 0 Å². The number of hydrogen-bond acceptors (Lipinski definition) is 6. The molecule has 0 heterocycles. The molecule has 0 amide bonds. The third kappa shape index (κ3) is 12.7. The molecule has 0 aliphatic carbocycles. The third-order valence-electron chi connectivity index (χ3n) is 2.76. The van der Waals surface area contributed by atoms with Crippen molar-refractivity contribution in [1.29, 1.82) is 0 Å². The highest BCUT2D eigenvalue weighted by molar-refractivity contribution is 7.85. The molecular weight excluding hydrogens is 316 g/mol. The summed E-state index contributed by atoms with van der Waals surface area (Å²) in [6, 6.07) is 0. The predicted molar refractivity (Wildman–Crippen MR) is 82.9 cm³/mol. The van der Waals surface area contributed by atoms with Crippen LogP contribution in [-0.4, -0.2) is 57.6 Å². The molecule has 0 aromatic carbocycles. The lowest BCUT2D eigenvalue weighted by atomic mass is 10.2. The average molecular weight is 340 g/mol. The molecule has 0 aromatic rings. The van der Waals surface area contributed by atoms with E-state index >= 15 is 0 Å². The Bertz CT molecular complexity index is 336. The van der Waals surface area contributed by atoms with E-state index < -0.39 is 33.5 Å². The molecule has 0 aliphatic rings. The molecule has 0 bridgehead atoms. The number of carbonyl (C=O) groups excluding carboxylic acids is 2. The third-order valence-corrected chi connectivity index (χ3v) is 5.36. The van der Waals surface area contributed by atoms with Gasteiger partial charge in [0.1, 0.15) is 11.5 Å². The maximum atomic E-state index is 11.4. The van der Waals surface area contributed by atoms with Crippen molar-refractivity contribution in [2.75, 3.05) is 37.2 Å². The first kappa shape index (κ1) is 20.2. The van der Waals surface area contributed by atoms with E-state index in [-0.39, 0.29) is 11.5 Å². The van der Waals surface area contributed by atoms with Gasteiger partial charge in [-0.3, -0.25) is 18.0 Å². The normalized spacial score (nSPS) is 13.4. The molecule has 0 saturated carbocycles. The molecule has 0 aliphatic heterocycles. The number of hydrogen-bond donors (Lipinski definition) is 0. The molecule has 21 heavy (non-hydrogen) atoms. The van der Waals surface area contributed by atoms with E-state index in [1.807, 2.05) is 0 Å². The number of rotatable bonds is 12. The summed E-state index contributed by atoms with van der Waals surface area (Å²) in [4.78, 5) is 21.8. The van der Waals surface area contributed by atoms with Crippen LogP contribution >= 0.6 is 0 Å². The fraction of sp³-hybridized carbons (Fsp3) is 0.846. The van der Waals surface area contributed by atoms with Crippen LogP contribution in [0, 0.1) is 0 Å². The van der Waals surface area contributed by atoms with Gasteiger partial charge in [-0.2, -0.15) is 0 Å². The second-order valence-electron chi connectivity index (χ2n) is 4.50. The minimum atomic E-state index is -1.15. The first-order valence-corrected chi connectivity index (χ1v) is 9.80. The molecule has 2 atom stereocenters. The number of methoxy groups -OCH3 is 2. The first-order valence-electron chi connectivity index (χ1n) is 6.83. The van der Waals surface area contributed by atoms with Gasteiger partial charge >= 0.3 is 11.9 Å². The summed E-state index contributed by atoms with van der Waals surface area (Å²) >= 11 is 0. The predicted octanol–water partition coefficient (Wildman–Crippen LogP) is 0.780. The summed E-state index contributed by atoms with van der Waals surface area (Å²) in [6.07, 6.45) is 4.42. The van der Waals surface area contributed by atoms with Crippen molar-refractivity contribution in [3.8, 4) is 0 Å². The fourth-order valence-electron chi connectivity index (χ4n) is 1.58. The van der Waals surface area contributed by atoms with Gasteiger partial charge in [-0.05, 0) is 12.8 Å². The monoisotopic (exact) mass is 340 g/mol. The van der Waals surface area contributed by atoms with Crippen LogP contribution in [0.5, 0.6) is 0 Å². The summed E-state index contributed by atoms with van der Waals surface area (Å²) in [5, 5.41) is 0. The molecule has 0 aromatic heterocycles. The van der Waals surface area contributed by atoms with Crippen molar-refractivity contribution in [2.24, 2.45) is 0 Å². The van der Waals surface area contributed by atoms with Gasteiger partial charge in [0.15, 0.2) is 0 Å². The zero-order valence-corrected chi connectivity index (χ0v) is 14.3. The quantitative estimate of drug-likeness (QED) is 0.385. The lowest BCUT2D eigenvalue weighted by molar-refractivity contribution is -0.138. The molecular formula is C13H24O6S2. The van der Waals surface area contributed by atoms with Gasteiger partial charge in [0, 0.05) is 33.1 Å². The molecule has 0 saturated heterocycles. The van der Waals surface area contributed by atoms with E-state index in [1.165, 1.54) is 14.2 Å². The van der Waals surface area contributed by atoms with Crippen LogP contribution in [0.2, 0.25) is 0 Å². The summed E-state index contributed by atoms with van der Waals surface area (Å²) in [6.45, 7) is 0. The SMILES string of the molecule is COC(=O)CS(=O)CCCCCCCS(=O)CC(=O)OC. The number of unbranched alkanes of at least 4 members (excludes halogenated alkanes) is 4. The Balaban J connectivity index is 3.44. The maximum absolute atomic E-state index is 11.4. The van der Waals surface area contributed by atoms with Crippen molar-refractivity contribution in [2.45, 2.75) is 32.1 Å². The highest BCUT2D eigenvalue weighted by Crippen LogP contribution is 2.05. The second-order valence-corrected chi connectivity index (χ2v) is 7.65. The standard InChI is InChI=1S/C13H24O6S2/c1-18-12(14)10-20(16)8-6-4-3-5-7-9-21(17)11-13(15)19-2/h3-11H2,1-2H3. The maximum Gasteiger partial charge on any atom is 0.318 e. The average Bonchev–Trinajstić information content (AvgIpc) is 2.45. The van der Waals surface area contributed by atoms with Crippen LogP contribution in [0.1, 0.15) is 32.1 Å². The second kappa shape index (κ2) is 12.9. The molecule has 0 rings (SSSR count).